The molecule has 0 atom stereocenters. The van der Waals surface area contributed by atoms with E-state index in [1.165, 1.54) is 0 Å². The minimum atomic E-state index is -1.83. The Morgan fingerprint density at radius 2 is 1.04 bits per heavy atom. The molecule has 0 aliphatic carbocycles. The van der Waals surface area contributed by atoms with Crippen molar-refractivity contribution in [2.24, 2.45) is 0 Å². The summed E-state index contributed by atoms with van der Waals surface area (Å²) in [7, 11) is 0. The maximum absolute atomic E-state index is 9.23. The van der Waals surface area contributed by atoms with Gasteiger partial charge in [0, 0.05) is 11.1 Å². The van der Waals surface area contributed by atoms with Crippen molar-refractivity contribution >= 4 is 6.16 Å². The van der Waals surface area contributed by atoms with E-state index in [1.807, 2.05) is 24.3 Å². The van der Waals surface area contributed by atoms with Gasteiger partial charge in [-0.3, -0.25) is 0 Å². The van der Waals surface area contributed by atoms with Gasteiger partial charge >= 0.3 is 6.16 Å². The number of carboxylic acid groups (broad SMARTS) is 2. The van der Waals surface area contributed by atoms with Crippen molar-refractivity contribution in [1.82, 2.24) is 0 Å². The van der Waals surface area contributed by atoms with Gasteiger partial charge in [-0.05, 0) is 12.1 Å². The highest BCUT2D eigenvalue weighted by Gasteiger charge is 2.15. The maximum Gasteiger partial charge on any atom is 0.503 e. The molecular formula is C17H8N4O3. The lowest BCUT2D eigenvalue weighted by Gasteiger charge is -2.08. The van der Waals surface area contributed by atoms with Gasteiger partial charge in [0.25, 0.3) is 0 Å². The molecule has 0 heterocycles. The molecule has 0 aromatic heterocycles. The molecule has 0 spiro atoms. The number of nitriles is 4. The first-order valence-electron chi connectivity index (χ1n) is 6.28. The summed E-state index contributed by atoms with van der Waals surface area (Å²) in [5.41, 5.74) is 1.89. The van der Waals surface area contributed by atoms with Gasteiger partial charge in [-0.15, -0.1) is 0 Å². The third-order valence-corrected chi connectivity index (χ3v) is 2.88. The normalized spacial score (nSPS) is 8.33. The summed E-state index contributed by atoms with van der Waals surface area (Å²) in [5, 5.41) is 50.5. The topological polar surface area (TPSA) is 153 Å². The molecule has 2 aromatic carbocycles. The van der Waals surface area contributed by atoms with Gasteiger partial charge in [-0.1, -0.05) is 24.3 Å². The van der Waals surface area contributed by atoms with Crippen LogP contribution in [0.25, 0.3) is 11.1 Å². The summed E-state index contributed by atoms with van der Waals surface area (Å²) in [5.74, 6) is 0. The van der Waals surface area contributed by atoms with E-state index in [0.29, 0.717) is 11.1 Å². The molecule has 7 heteroatoms. The Morgan fingerprint density at radius 3 is 1.29 bits per heavy atom. The Kier molecular flexibility index (Phi) is 6.05. The van der Waals surface area contributed by atoms with E-state index in [4.69, 9.17) is 25.5 Å². The lowest BCUT2D eigenvalue weighted by atomic mass is 9.91. The maximum atomic E-state index is 9.23. The molecule has 0 bridgehead atoms. The van der Waals surface area contributed by atoms with Crippen molar-refractivity contribution in [1.29, 1.82) is 21.0 Å². The minimum absolute atomic E-state index is 0.210. The van der Waals surface area contributed by atoms with Crippen LogP contribution in [0.5, 0.6) is 0 Å². The van der Waals surface area contributed by atoms with Crippen molar-refractivity contribution in [2.45, 2.75) is 0 Å². The molecule has 0 aliphatic heterocycles. The van der Waals surface area contributed by atoms with Gasteiger partial charge in [0.05, 0.1) is 22.3 Å². The molecule has 24 heavy (non-hydrogen) atoms. The number of benzene rings is 2. The van der Waals surface area contributed by atoms with Crippen LogP contribution in [0.1, 0.15) is 22.3 Å². The van der Waals surface area contributed by atoms with E-state index >= 15 is 0 Å². The zero-order valence-electron chi connectivity index (χ0n) is 12.1. The average molecular weight is 316 g/mol. The summed E-state index contributed by atoms with van der Waals surface area (Å²) >= 11 is 0. The predicted octanol–water partition coefficient (Wildman–Crippen LogP) is 3.06. The number of rotatable bonds is 1. The van der Waals surface area contributed by atoms with Crippen LogP contribution in [0.15, 0.2) is 36.4 Å². The average Bonchev–Trinajstić information content (AvgIpc) is 2.59. The predicted molar refractivity (Wildman–Crippen MR) is 81.4 cm³/mol. The zero-order valence-corrected chi connectivity index (χ0v) is 12.1. The second kappa shape index (κ2) is 8.20. The molecule has 2 rings (SSSR count). The monoisotopic (exact) mass is 316 g/mol. The molecular weight excluding hydrogens is 308 g/mol. The van der Waals surface area contributed by atoms with Crippen molar-refractivity contribution < 1.29 is 15.0 Å². The quantitative estimate of drug-likeness (QED) is 0.819. The van der Waals surface area contributed by atoms with Crippen LogP contribution in [-0.4, -0.2) is 16.4 Å². The van der Waals surface area contributed by atoms with E-state index in [1.54, 1.807) is 36.4 Å². The van der Waals surface area contributed by atoms with Crippen LogP contribution in [0.3, 0.4) is 0 Å². The summed E-state index contributed by atoms with van der Waals surface area (Å²) in [6.07, 6.45) is -1.83. The number of nitrogens with zero attached hydrogens (tertiary/aromatic N) is 4. The Balaban J connectivity index is 0.000000648. The summed E-state index contributed by atoms with van der Waals surface area (Å²) in [6, 6.07) is 17.6. The third-order valence-electron chi connectivity index (χ3n) is 2.88. The van der Waals surface area contributed by atoms with E-state index in [9.17, 15) is 10.5 Å². The molecule has 0 saturated heterocycles. The molecule has 2 N–H and O–H groups in total. The van der Waals surface area contributed by atoms with E-state index in [0.717, 1.165) is 0 Å². The highest BCUT2D eigenvalue weighted by Crippen LogP contribution is 2.29. The number of hydrogen-bond donors (Lipinski definition) is 2. The lowest BCUT2D eigenvalue weighted by molar-refractivity contribution is 0.137. The van der Waals surface area contributed by atoms with E-state index < -0.39 is 6.16 Å². The van der Waals surface area contributed by atoms with Gasteiger partial charge in [-0.2, -0.15) is 21.0 Å². The van der Waals surface area contributed by atoms with Gasteiger partial charge < -0.3 is 10.2 Å². The van der Waals surface area contributed by atoms with E-state index in [2.05, 4.69) is 0 Å². The molecule has 7 nitrogen and oxygen atoms in total. The molecule has 0 radical (unpaired) electrons. The second-order valence-corrected chi connectivity index (χ2v) is 4.19. The third kappa shape index (κ3) is 3.86. The van der Waals surface area contributed by atoms with Gasteiger partial charge in [0.15, 0.2) is 0 Å². The van der Waals surface area contributed by atoms with Crippen LogP contribution in [-0.2, 0) is 0 Å². The van der Waals surface area contributed by atoms with Gasteiger partial charge in [0.2, 0.25) is 0 Å². The fourth-order valence-electron chi connectivity index (χ4n) is 1.98. The Hall–Kier alpha value is -4.33. The minimum Gasteiger partial charge on any atom is -0.450 e. The standard InChI is InChI=1S/C16H6N4.CH2O3/c17-7-11-3-1-5-13(15(11)9-19)14-6-2-4-12(8-18)16(14)10-20;2-1(3)4/h1-6H;(H2,2,3,4). The summed E-state index contributed by atoms with van der Waals surface area (Å²) in [6.45, 7) is 0. The van der Waals surface area contributed by atoms with Crippen LogP contribution in [0, 0.1) is 45.3 Å². The number of hydrogen-bond acceptors (Lipinski definition) is 5. The van der Waals surface area contributed by atoms with Crippen molar-refractivity contribution in [3.8, 4) is 35.4 Å². The van der Waals surface area contributed by atoms with Crippen LogP contribution >= 0.6 is 0 Å². The van der Waals surface area contributed by atoms with Gasteiger partial charge in [0.1, 0.15) is 24.3 Å². The molecule has 0 aliphatic rings. The lowest BCUT2D eigenvalue weighted by Crippen LogP contribution is -1.94. The molecule has 0 unspecified atom stereocenters. The highest BCUT2D eigenvalue weighted by atomic mass is 16.6. The van der Waals surface area contributed by atoms with Crippen molar-refractivity contribution in [3.05, 3.63) is 58.7 Å². The molecule has 0 saturated carbocycles. The molecule has 0 amide bonds. The Labute approximate surface area is 137 Å². The van der Waals surface area contributed by atoms with Crippen LogP contribution < -0.4 is 0 Å². The molecule has 0 fully saturated rings. The fourth-order valence-corrected chi connectivity index (χ4v) is 1.98. The van der Waals surface area contributed by atoms with Crippen molar-refractivity contribution in [2.75, 3.05) is 0 Å². The largest absolute Gasteiger partial charge is 0.503 e. The first kappa shape index (κ1) is 17.7. The van der Waals surface area contributed by atoms with E-state index in [-0.39, 0.29) is 22.3 Å². The molecule has 114 valence electrons. The van der Waals surface area contributed by atoms with Crippen molar-refractivity contribution in [3.63, 3.8) is 0 Å². The Bertz CT molecular complexity index is 876. The zero-order chi connectivity index (χ0) is 18.1. The molecule has 2 aromatic rings. The van der Waals surface area contributed by atoms with Crippen LogP contribution in [0.4, 0.5) is 4.79 Å². The second-order valence-electron chi connectivity index (χ2n) is 4.19. The summed E-state index contributed by atoms with van der Waals surface area (Å²) < 4.78 is 0. The Morgan fingerprint density at radius 1 is 0.708 bits per heavy atom. The smallest absolute Gasteiger partial charge is 0.450 e. The van der Waals surface area contributed by atoms with Crippen LogP contribution in [0.2, 0.25) is 0 Å². The summed E-state index contributed by atoms with van der Waals surface area (Å²) in [4.78, 5) is 8.56. The SMILES string of the molecule is N#Cc1cccc(-c2cccc(C#N)c2C#N)c1C#N.O=C(O)O. The number of carbonyl (C=O) groups is 1. The fraction of sp³-hybridized carbons (Fsp3) is 0. The first-order valence-corrected chi connectivity index (χ1v) is 6.28. The first-order chi connectivity index (χ1) is 11.5. The van der Waals surface area contributed by atoms with Gasteiger partial charge in [-0.25, -0.2) is 4.79 Å². The highest BCUT2D eigenvalue weighted by molar-refractivity contribution is 5.79.